The van der Waals surface area contributed by atoms with Gasteiger partial charge in [0.05, 0.1) is 12.8 Å². The molecule has 0 fully saturated rings. The Morgan fingerprint density at radius 2 is 2.22 bits per heavy atom. The fraction of sp³-hybridized carbons (Fsp3) is 0.333. The van der Waals surface area contributed by atoms with Crippen molar-refractivity contribution in [2.45, 2.75) is 26.0 Å². The molecule has 94 valence electrons. The number of benzene rings is 1. The molecule has 0 saturated heterocycles. The van der Waals surface area contributed by atoms with Crippen molar-refractivity contribution in [2.24, 2.45) is 0 Å². The molecular weight excluding hydrogens is 226 g/mol. The molecule has 1 aromatic heterocycles. The van der Waals surface area contributed by atoms with E-state index in [1.165, 1.54) is 11.1 Å². The lowest BCUT2D eigenvalue weighted by atomic mass is 10.0. The molecule has 0 amide bonds. The van der Waals surface area contributed by atoms with Gasteiger partial charge >= 0.3 is 0 Å². The van der Waals surface area contributed by atoms with Gasteiger partial charge in [0.2, 0.25) is 0 Å². The summed E-state index contributed by atoms with van der Waals surface area (Å²) in [5, 5.41) is 3.12. The van der Waals surface area contributed by atoms with Crippen molar-refractivity contribution < 1.29 is 9.15 Å². The van der Waals surface area contributed by atoms with Crippen LogP contribution in [0.5, 0.6) is 5.75 Å². The molecular formula is C15H17NO2. The molecule has 3 rings (SSSR count). The zero-order valence-electron chi connectivity index (χ0n) is 10.7. The van der Waals surface area contributed by atoms with Crippen molar-refractivity contribution >= 4 is 0 Å². The molecule has 1 aromatic carbocycles. The van der Waals surface area contributed by atoms with Crippen LogP contribution in [0.1, 0.15) is 18.2 Å². The maximum Gasteiger partial charge on any atom is 0.125 e. The molecule has 1 aliphatic rings. The van der Waals surface area contributed by atoms with E-state index in [1.807, 2.05) is 13.1 Å². The fourth-order valence-corrected chi connectivity index (χ4v) is 2.48. The van der Waals surface area contributed by atoms with E-state index in [0.717, 1.165) is 30.0 Å². The van der Waals surface area contributed by atoms with Crippen LogP contribution in [0.15, 0.2) is 34.9 Å². The fourth-order valence-electron chi connectivity index (χ4n) is 2.48. The van der Waals surface area contributed by atoms with Gasteiger partial charge in [-0.05, 0) is 43.3 Å². The number of hydrogen-bond donors (Lipinski definition) is 1. The third-order valence-corrected chi connectivity index (χ3v) is 3.29. The summed E-state index contributed by atoms with van der Waals surface area (Å²) in [6.45, 7) is 2.84. The van der Waals surface area contributed by atoms with Crippen LogP contribution in [0.25, 0.3) is 11.1 Å². The maximum atomic E-state index is 5.72. The summed E-state index contributed by atoms with van der Waals surface area (Å²) >= 11 is 0. The highest BCUT2D eigenvalue weighted by molar-refractivity contribution is 5.68. The summed E-state index contributed by atoms with van der Waals surface area (Å²) in [6.07, 6.45) is 3.02. The topological polar surface area (TPSA) is 34.4 Å². The molecule has 1 atom stereocenters. The molecule has 3 heteroatoms. The average Bonchev–Trinajstić information content (AvgIpc) is 2.93. The van der Waals surface area contributed by atoms with Gasteiger partial charge in [-0.15, -0.1) is 0 Å². The third-order valence-electron chi connectivity index (χ3n) is 3.29. The lowest BCUT2D eigenvalue weighted by Crippen LogP contribution is -2.05. The molecule has 1 unspecified atom stereocenters. The van der Waals surface area contributed by atoms with Gasteiger partial charge in [0.25, 0.3) is 0 Å². The van der Waals surface area contributed by atoms with Gasteiger partial charge in [0, 0.05) is 12.0 Å². The molecule has 0 bridgehead atoms. The summed E-state index contributed by atoms with van der Waals surface area (Å²) in [5.74, 6) is 1.99. The zero-order valence-corrected chi connectivity index (χ0v) is 10.7. The molecule has 3 nitrogen and oxygen atoms in total. The van der Waals surface area contributed by atoms with Gasteiger partial charge in [-0.25, -0.2) is 0 Å². The second-order valence-electron chi connectivity index (χ2n) is 4.74. The SMILES string of the molecule is CNCc1occc1-c1ccc2c(c1)CC(C)O2. The number of nitrogens with one attached hydrogen (secondary N) is 1. The van der Waals surface area contributed by atoms with Gasteiger partial charge in [-0.3, -0.25) is 0 Å². The Morgan fingerprint density at radius 3 is 3.06 bits per heavy atom. The van der Waals surface area contributed by atoms with Crippen molar-refractivity contribution in [2.75, 3.05) is 7.05 Å². The van der Waals surface area contributed by atoms with Crippen molar-refractivity contribution in [3.8, 4) is 16.9 Å². The molecule has 1 N–H and O–H groups in total. The number of furan rings is 1. The highest BCUT2D eigenvalue weighted by Gasteiger charge is 2.20. The van der Waals surface area contributed by atoms with Crippen LogP contribution >= 0.6 is 0 Å². The van der Waals surface area contributed by atoms with Gasteiger partial charge < -0.3 is 14.5 Å². The van der Waals surface area contributed by atoms with Crippen LogP contribution in [-0.2, 0) is 13.0 Å². The molecule has 0 aliphatic carbocycles. The van der Waals surface area contributed by atoms with Crippen LogP contribution in [-0.4, -0.2) is 13.2 Å². The molecule has 1 aliphatic heterocycles. The Balaban J connectivity index is 1.98. The van der Waals surface area contributed by atoms with E-state index in [9.17, 15) is 0 Å². The van der Waals surface area contributed by atoms with E-state index < -0.39 is 0 Å². The smallest absolute Gasteiger partial charge is 0.125 e. The maximum absolute atomic E-state index is 5.72. The first kappa shape index (κ1) is 11.4. The minimum Gasteiger partial charge on any atom is -0.490 e. The lowest BCUT2D eigenvalue weighted by Gasteiger charge is -2.05. The van der Waals surface area contributed by atoms with E-state index in [4.69, 9.17) is 9.15 Å². The molecule has 0 spiro atoms. The second kappa shape index (κ2) is 4.50. The highest BCUT2D eigenvalue weighted by Crippen LogP contribution is 2.34. The van der Waals surface area contributed by atoms with E-state index in [-0.39, 0.29) is 6.10 Å². The van der Waals surface area contributed by atoms with Gasteiger partial charge in [-0.1, -0.05) is 6.07 Å². The quantitative estimate of drug-likeness (QED) is 0.900. The van der Waals surface area contributed by atoms with Crippen LogP contribution in [0.4, 0.5) is 0 Å². The number of rotatable bonds is 3. The van der Waals surface area contributed by atoms with Crippen molar-refractivity contribution in [3.63, 3.8) is 0 Å². The summed E-state index contributed by atoms with van der Waals surface area (Å²) < 4.78 is 11.2. The van der Waals surface area contributed by atoms with Crippen LogP contribution < -0.4 is 10.1 Å². The van der Waals surface area contributed by atoms with Crippen LogP contribution in [0, 0.1) is 0 Å². The first-order chi connectivity index (χ1) is 8.78. The predicted molar refractivity (Wildman–Crippen MR) is 70.7 cm³/mol. The standard InChI is InChI=1S/C15H17NO2/c1-10-7-12-8-11(3-4-14(12)18-10)13-5-6-17-15(13)9-16-2/h3-6,8,10,16H,7,9H2,1-2H3. The predicted octanol–water partition coefficient (Wildman–Crippen LogP) is 2.99. The number of hydrogen-bond acceptors (Lipinski definition) is 3. The molecule has 18 heavy (non-hydrogen) atoms. The number of ether oxygens (including phenoxy) is 1. The Labute approximate surface area is 107 Å². The van der Waals surface area contributed by atoms with Crippen LogP contribution in [0.3, 0.4) is 0 Å². The third kappa shape index (κ3) is 1.91. The normalized spacial score (nSPS) is 17.6. The molecule has 0 radical (unpaired) electrons. The summed E-state index contributed by atoms with van der Waals surface area (Å²) in [4.78, 5) is 0. The van der Waals surface area contributed by atoms with Crippen molar-refractivity contribution in [1.29, 1.82) is 0 Å². The Bertz CT molecular complexity index is 559. The largest absolute Gasteiger partial charge is 0.490 e. The Morgan fingerprint density at radius 1 is 1.33 bits per heavy atom. The van der Waals surface area contributed by atoms with E-state index in [1.54, 1.807) is 6.26 Å². The lowest BCUT2D eigenvalue weighted by molar-refractivity contribution is 0.254. The molecule has 0 saturated carbocycles. The minimum atomic E-state index is 0.288. The van der Waals surface area contributed by atoms with E-state index in [2.05, 4.69) is 30.4 Å². The molecule has 2 aromatic rings. The first-order valence-electron chi connectivity index (χ1n) is 6.29. The van der Waals surface area contributed by atoms with Crippen molar-refractivity contribution in [1.82, 2.24) is 5.32 Å². The summed E-state index contributed by atoms with van der Waals surface area (Å²) in [6, 6.07) is 8.39. The number of fused-ring (bicyclic) bond motifs is 1. The highest BCUT2D eigenvalue weighted by atomic mass is 16.5. The van der Waals surface area contributed by atoms with Gasteiger partial charge in [-0.2, -0.15) is 0 Å². The van der Waals surface area contributed by atoms with Gasteiger partial charge in [0.15, 0.2) is 0 Å². The Hall–Kier alpha value is -1.74. The van der Waals surface area contributed by atoms with E-state index >= 15 is 0 Å². The van der Waals surface area contributed by atoms with Crippen LogP contribution in [0.2, 0.25) is 0 Å². The summed E-state index contributed by atoms with van der Waals surface area (Å²) in [7, 11) is 1.92. The van der Waals surface area contributed by atoms with Crippen molar-refractivity contribution in [3.05, 3.63) is 41.9 Å². The molecule has 2 heterocycles. The Kier molecular flexibility index (Phi) is 2.84. The van der Waals surface area contributed by atoms with E-state index in [0.29, 0.717) is 0 Å². The monoisotopic (exact) mass is 243 g/mol. The van der Waals surface area contributed by atoms with Gasteiger partial charge in [0.1, 0.15) is 17.6 Å². The second-order valence-corrected chi connectivity index (χ2v) is 4.74. The average molecular weight is 243 g/mol. The first-order valence-corrected chi connectivity index (χ1v) is 6.29. The zero-order chi connectivity index (χ0) is 12.5. The minimum absolute atomic E-state index is 0.288. The summed E-state index contributed by atoms with van der Waals surface area (Å²) in [5.41, 5.74) is 3.65.